The standard InChI is InChI=1S/C17H16BrCl2NO2/c1-10(2)11-6-7-15(12(18)8-11)23-9-16(22)21-14-5-3-4-13(19)17(14)20/h3-8,10H,9H2,1-2H3,(H,21,22). The van der Waals surface area contributed by atoms with Crippen molar-refractivity contribution >= 4 is 50.7 Å². The molecule has 1 N–H and O–H groups in total. The molecule has 0 fully saturated rings. The Kier molecular flexibility index (Phi) is 6.33. The molecular weight excluding hydrogens is 401 g/mol. The van der Waals surface area contributed by atoms with Gasteiger partial charge in [-0.3, -0.25) is 4.79 Å². The number of benzene rings is 2. The maximum absolute atomic E-state index is 12.0. The molecule has 0 spiro atoms. The first-order valence-corrected chi connectivity index (χ1v) is 8.59. The summed E-state index contributed by atoms with van der Waals surface area (Å²) in [5, 5.41) is 3.37. The quantitative estimate of drug-likeness (QED) is 0.659. The lowest BCUT2D eigenvalue weighted by Crippen LogP contribution is -2.20. The SMILES string of the molecule is CC(C)c1ccc(OCC(=O)Nc2cccc(Cl)c2Cl)c(Br)c1. The van der Waals surface area contributed by atoms with Crippen LogP contribution in [0.25, 0.3) is 0 Å². The Morgan fingerprint density at radius 2 is 2.00 bits per heavy atom. The molecule has 23 heavy (non-hydrogen) atoms. The Balaban J connectivity index is 1.98. The van der Waals surface area contributed by atoms with E-state index in [0.29, 0.717) is 27.4 Å². The number of halogens is 3. The van der Waals surface area contributed by atoms with E-state index in [-0.39, 0.29) is 12.5 Å². The van der Waals surface area contributed by atoms with Gasteiger partial charge in [0.05, 0.1) is 20.2 Å². The van der Waals surface area contributed by atoms with E-state index in [2.05, 4.69) is 35.1 Å². The van der Waals surface area contributed by atoms with Crippen LogP contribution in [0.1, 0.15) is 25.3 Å². The molecule has 0 saturated heterocycles. The van der Waals surface area contributed by atoms with E-state index in [1.165, 1.54) is 5.56 Å². The minimum Gasteiger partial charge on any atom is -0.483 e. The first kappa shape index (κ1) is 18.1. The fourth-order valence-electron chi connectivity index (χ4n) is 1.92. The maximum Gasteiger partial charge on any atom is 0.262 e. The van der Waals surface area contributed by atoms with Crippen molar-refractivity contribution in [3.8, 4) is 5.75 Å². The molecule has 2 aromatic rings. The molecule has 1 amide bonds. The Labute approximate surface area is 154 Å². The van der Waals surface area contributed by atoms with Crippen LogP contribution in [0.3, 0.4) is 0 Å². The number of carbonyl (C=O) groups excluding carboxylic acids is 1. The van der Waals surface area contributed by atoms with E-state index in [0.717, 1.165) is 4.47 Å². The van der Waals surface area contributed by atoms with E-state index in [1.807, 2.05) is 18.2 Å². The van der Waals surface area contributed by atoms with Crippen molar-refractivity contribution in [1.29, 1.82) is 0 Å². The minimum atomic E-state index is -0.311. The Bertz CT molecular complexity index is 720. The third-order valence-corrected chi connectivity index (χ3v) is 4.65. The van der Waals surface area contributed by atoms with Crippen LogP contribution in [0.15, 0.2) is 40.9 Å². The highest BCUT2D eigenvalue weighted by Crippen LogP contribution is 2.30. The first-order chi connectivity index (χ1) is 10.9. The zero-order valence-corrected chi connectivity index (χ0v) is 15.8. The van der Waals surface area contributed by atoms with Crippen LogP contribution in [-0.4, -0.2) is 12.5 Å². The third kappa shape index (κ3) is 4.87. The van der Waals surface area contributed by atoms with E-state index >= 15 is 0 Å². The van der Waals surface area contributed by atoms with Crippen LogP contribution in [0.4, 0.5) is 5.69 Å². The lowest BCUT2D eigenvalue weighted by atomic mass is 10.0. The number of amides is 1. The lowest BCUT2D eigenvalue weighted by molar-refractivity contribution is -0.118. The van der Waals surface area contributed by atoms with Gasteiger partial charge in [-0.25, -0.2) is 0 Å². The molecule has 2 aromatic carbocycles. The molecule has 0 atom stereocenters. The van der Waals surface area contributed by atoms with Crippen molar-refractivity contribution < 1.29 is 9.53 Å². The largest absolute Gasteiger partial charge is 0.483 e. The van der Waals surface area contributed by atoms with Crippen molar-refractivity contribution in [1.82, 2.24) is 0 Å². The molecule has 122 valence electrons. The predicted molar refractivity (Wildman–Crippen MR) is 98.8 cm³/mol. The van der Waals surface area contributed by atoms with E-state index in [9.17, 15) is 4.79 Å². The number of hydrogen-bond acceptors (Lipinski definition) is 2. The van der Waals surface area contributed by atoms with Crippen molar-refractivity contribution in [2.45, 2.75) is 19.8 Å². The van der Waals surface area contributed by atoms with Gasteiger partial charge in [-0.05, 0) is 51.7 Å². The molecule has 0 unspecified atom stereocenters. The van der Waals surface area contributed by atoms with Gasteiger partial charge in [0.2, 0.25) is 0 Å². The van der Waals surface area contributed by atoms with Crippen molar-refractivity contribution in [3.05, 3.63) is 56.5 Å². The van der Waals surface area contributed by atoms with Crippen LogP contribution in [-0.2, 0) is 4.79 Å². The Hall–Kier alpha value is -1.23. The van der Waals surface area contributed by atoms with Crippen LogP contribution in [0.2, 0.25) is 10.0 Å². The van der Waals surface area contributed by atoms with E-state index < -0.39 is 0 Å². The highest BCUT2D eigenvalue weighted by atomic mass is 79.9. The molecule has 0 saturated carbocycles. The second kappa shape index (κ2) is 8.04. The molecule has 3 nitrogen and oxygen atoms in total. The second-order valence-electron chi connectivity index (χ2n) is 5.28. The molecule has 0 aliphatic heterocycles. The van der Waals surface area contributed by atoms with Crippen molar-refractivity contribution in [2.24, 2.45) is 0 Å². The normalized spacial score (nSPS) is 10.7. The number of nitrogens with one attached hydrogen (secondary N) is 1. The topological polar surface area (TPSA) is 38.3 Å². The van der Waals surface area contributed by atoms with Crippen LogP contribution in [0.5, 0.6) is 5.75 Å². The summed E-state index contributed by atoms with van der Waals surface area (Å²) in [7, 11) is 0. The molecule has 0 aromatic heterocycles. The summed E-state index contributed by atoms with van der Waals surface area (Å²) in [4.78, 5) is 12.0. The summed E-state index contributed by atoms with van der Waals surface area (Å²) in [5.41, 5.74) is 1.65. The maximum atomic E-state index is 12.0. The van der Waals surface area contributed by atoms with Gasteiger partial charge in [-0.2, -0.15) is 0 Å². The lowest BCUT2D eigenvalue weighted by Gasteiger charge is -2.12. The summed E-state index contributed by atoms with van der Waals surface area (Å²) < 4.78 is 6.36. The number of rotatable bonds is 5. The van der Waals surface area contributed by atoms with Gasteiger partial charge in [0.25, 0.3) is 5.91 Å². The van der Waals surface area contributed by atoms with Crippen LogP contribution >= 0.6 is 39.1 Å². The molecule has 0 aliphatic rings. The van der Waals surface area contributed by atoms with Crippen LogP contribution in [0, 0.1) is 0 Å². The summed E-state index contributed by atoms with van der Waals surface area (Å²) in [6.07, 6.45) is 0. The average Bonchev–Trinajstić information content (AvgIpc) is 2.50. The van der Waals surface area contributed by atoms with E-state index in [1.54, 1.807) is 18.2 Å². The summed E-state index contributed by atoms with van der Waals surface area (Å²) in [5.74, 6) is 0.726. The first-order valence-electron chi connectivity index (χ1n) is 7.04. The monoisotopic (exact) mass is 415 g/mol. The molecule has 0 aliphatic carbocycles. The summed E-state index contributed by atoms with van der Waals surface area (Å²) >= 11 is 15.4. The minimum absolute atomic E-state index is 0.123. The fraction of sp³-hybridized carbons (Fsp3) is 0.235. The third-order valence-electron chi connectivity index (χ3n) is 3.21. The number of ether oxygens (including phenoxy) is 1. The molecule has 0 radical (unpaired) electrons. The highest BCUT2D eigenvalue weighted by Gasteiger charge is 2.11. The van der Waals surface area contributed by atoms with Crippen molar-refractivity contribution in [3.63, 3.8) is 0 Å². The highest BCUT2D eigenvalue weighted by molar-refractivity contribution is 9.10. The molecule has 0 heterocycles. The Morgan fingerprint density at radius 3 is 2.65 bits per heavy atom. The number of anilines is 1. The van der Waals surface area contributed by atoms with Gasteiger partial charge >= 0.3 is 0 Å². The van der Waals surface area contributed by atoms with Gasteiger partial charge in [0, 0.05) is 0 Å². The average molecular weight is 417 g/mol. The van der Waals surface area contributed by atoms with Gasteiger partial charge in [-0.15, -0.1) is 0 Å². The predicted octanol–water partition coefficient (Wildman–Crippen LogP) is 5.90. The molecule has 0 bridgehead atoms. The number of carbonyl (C=O) groups is 1. The van der Waals surface area contributed by atoms with Gasteiger partial charge in [0.1, 0.15) is 5.75 Å². The Morgan fingerprint density at radius 1 is 1.26 bits per heavy atom. The summed E-state index contributed by atoms with van der Waals surface area (Å²) in [6, 6.07) is 10.9. The zero-order valence-electron chi connectivity index (χ0n) is 12.7. The van der Waals surface area contributed by atoms with Gasteiger partial charge in [-0.1, -0.05) is 49.2 Å². The summed E-state index contributed by atoms with van der Waals surface area (Å²) in [6.45, 7) is 4.11. The molecule has 2 rings (SSSR count). The molecular formula is C17H16BrCl2NO2. The fourth-order valence-corrected chi connectivity index (χ4v) is 2.78. The van der Waals surface area contributed by atoms with Crippen molar-refractivity contribution in [2.75, 3.05) is 11.9 Å². The van der Waals surface area contributed by atoms with Gasteiger partial charge < -0.3 is 10.1 Å². The number of hydrogen-bond donors (Lipinski definition) is 1. The van der Waals surface area contributed by atoms with E-state index in [4.69, 9.17) is 27.9 Å². The second-order valence-corrected chi connectivity index (χ2v) is 6.92. The zero-order chi connectivity index (χ0) is 17.0. The smallest absolute Gasteiger partial charge is 0.262 e. The molecule has 6 heteroatoms. The van der Waals surface area contributed by atoms with Crippen LogP contribution < -0.4 is 10.1 Å². The van der Waals surface area contributed by atoms with Gasteiger partial charge in [0.15, 0.2) is 6.61 Å².